The summed E-state index contributed by atoms with van der Waals surface area (Å²) in [6.45, 7) is 5.52. The third kappa shape index (κ3) is 1.63. The van der Waals surface area contributed by atoms with Crippen LogP contribution in [0.4, 0.5) is 0 Å². The van der Waals surface area contributed by atoms with Crippen molar-refractivity contribution in [2.45, 2.75) is 26.8 Å². The quantitative estimate of drug-likeness (QED) is 0.497. The van der Waals surface area contributed by atoms with Crippen molar-refractivity contribution in [3.63, 3.8) is 0 Å². The van der Waals surface area contributed by atoms with Crippen molar-refractivity contribution in [2.75, 3.05) is 0 Å². The fraction of sp³-hybridized carbons (Fsp3) is 0.571. The molecule has 1 aromatic rings. The Hall–Kier alpha value is -1.19. The van der Waals surface area contributed by atoms with E-state index in [1.807, 2.05) is 13.8 Å². The molecule has 0 aliphatic carbocycles. The molecule has 0 aromatic carbocycles. The number of nitrogens with zero attached hydrogens (tertiary/aromatic N) is 2. The van der Waals surface area contributed by atoms with Gasteiger partial charge in [-0.25, -0.2) is 0 Å². The molecule has 11 heavy (non-hydrogen) atoms. The van der Waals surface area contributed by atoms with Crippen LogP contribution >= 0.6 is 0 Å². The summed E-state index contributed by atoms with van der Waals surface area (Å²) in [5, 5.41) is 2.87. The van der Waals surface area contributed by atoms with Crippen LogP contribution in [0.2, 0.25) is 0 Å². The second-order valence-electron chi connectivity index (χ2n) is 2.76. The number of ketones is 1. The number of aromatic nitrogens is 3. The molecule has 1 rings (SSSR count). The van der Waals surface area contributed by atoms with Crippen LogP contribution in [0.15, 0.2) is 6.33 Å². The van der Waals surface area contributed by atoms with Gasteiger partial charge in [-0.15, -0.1) is 0 Å². The smallest absolute Gasteiger partial charge is 0.288 e. The van der Waals surface area contributed by atoms with Crippen LogP contribution in [0, 0.1) is 0 Å². The second kappa shape index (κ2) is 2.82. The van der Waals surface area contributed by atoms with Gasteiger partial charge in [-0.3, -0.25) is 4.79 Å². The third-order valence-electron chi connectivity index (χ3n) is 1.44. The van der Waals surface area contributed by atoms with Gasteiger partial charge < -0.3 is 0 Å². The molecule has 0 unspecified atom stereocenters. The third-order valence-corrected chi connectivity index (χ3v) is 1.44. The lowest BCUT2D eigenvalue weighted by atomic mass is 10.4. The molecule has 4 heteroatoms. The minimum atomic E-state index is -0.0376. The van der Waals surface area contributed by atoms with E-state index in [9.17, 15) is 4.79 Å². The fourth-order valence-corrected chi connectivity index (χ4v) is 0.732. The van der Waals surface area contributed by atoms with E-state index in [2.05, 4.69) is 10.1 Å². The van der Waals surface area contributed by atoms with Crippen LogP contribution in [0.5, 0.6) is 0 Å². The van der Waals surface area contributed by atoms with E-state index in [0.29, 0.717) is 11.9 Å². The highest BCUT2D eigenvalue weighted by Crippen LogP contribution is 1.90. The van der Waals surface area contributed by atoms with Gasteiger partial charge in [0, 0.05) is 6.92 Å². The average molecular weight is 154 g/mol. The molecule has 0 saturated heterocycles. The van der Waals surface area contributed by atoms with Crippen molar-refractivity contribution in [3.8, 4) is 0 Å². The lowest BCUT2D eigenvalue weighted by Crippen LogP contribution is -2.37. The Kier molecular flexibility index (Phi) is 2.03. The zero-order valence-electron chi connectivity index (χ0n) is 6.96. The number of rotatable bonds is 2. The summed E-state index contributed by atoms with van der Waals surface area (Å²) in [4.78, 5) is 14.7. The topological polar surface area (TPSA) is 49.6 Å². The zero-order chi connectivity index (χ0) is 8.43. The van der Waals surface area contributed by atoms with Crippen LogP contribution < -0.4 is 4.68 Å². The van der Waals surface area contributed by atoms with Gasteiger partial charge in [0.25, 0.3) is 0 Å². The molecule has 0 saturated carbocycles. The molecule has 0 spiro atoms. The first-order valence-corrected chi connectivity index (χ1v) is 3.58. The van der Waals surface area contributed by atoms with Crippen molar-refractivity contribution in [1.82, 2.24) is 10.1 Å². The molecule has 60 valence electrons. The largest absolute Gasteiger partial charge is 0.318 e. The standard InChI is InChI=1S/C7H11N3O/c1-5(2)10-4-8-7(9-10)6(3)11/h4-5H,1-3H3/p+1. The number of hydrogen-bond acceptors (Lipinski definition) is 2. The van der Waals surface area contributed by atoms with E-state index >= 15 is 0 Å². The molecule has 0 fully saturated rings. The normalized spacial score (nSPS) is 10.5. The SMILES string of the molecule is CC(=O)c1nc[n+](C(C)C)[nH]1. The van der Waals surface area contributed by atoms with E-state index < -0.39 is 0 Å². The maximum atomic E-state index is 10.8. The molecule has 1 N–H and O–H groups in total. The van der Waals surface area contributed by atoms with E-state index in [-0.39, 0.29) is 5.78 Å². The first-order chi connectivity index (χ1) is 5.11. The molecule has 0 atom stereocenters. The van der Waals surface area contributed by atoms with Crippen molar-refractivity contribution in [3.05, 3.63) is 12.2 Å². The summed E-state index contributed by atoms with van der Waals surface area (Å²) in [7, 11) is 0. The van der Waals surface area contributed by atoms with Crippen molar-refractivity contribution in [2.24, 2.45) is 0 Å². The van der Waals surface area contributed by atoms with Crippen LogP contribution in [-0.2, 0) is 0 Å². The first kappa shape index (κ1) is 7.91. The first-order valence-electron chi connectivity index (χ1n) is 3.58. The minimum Gasteiger partial charge on any atom is -0.288 e. The number of Topliss-reactive ketones (excluding diaryl/α,β-unsaturated/α-hetero) is 1. The highest BCUT2D eigenvalue weighted by molar-refractivity contribution is 5.89. The van der Waals surface area contributed by atoms with Gasteiger partial charge in [-0.05, 0) is 18.8 Å². The van der Waals surface area contributed by atoms with Crippen LogP contribution in [0.1, 0.15) is 37.4 Å². The maximum absolute atomic E-state index is 10.8. The molecule has 1 aromatic heterocycles. The Morgan fingerprint density at radius 1 is 1.73 bits per heavy atom. The summed E-state index contributed by atoms with van der Waals surface area (Å²) < 4.78 is 1.79. The Bertz CT molecular complexity index is 264. The number of carbonyl (C=O) groups is 1. The lowest BCUT2D eigenvalue weighted by Gasteiger charge is -1.94. The van der Waals surface area contributed by atoms with Gasteiger partial charge in [-0.2, -0.15) is 9.78 Å². The zero-order valence-corrected chi connectivity index (χ0v) is 6.96. The lowest BCUT2D eigenvalue weighted by molar-refractivity contribution is -0.769. The molecule has 0 aliphatic rings. The van der Waals surface area contributed by atoms with Crippen LogP contribution in [0.25, 0.3) is 0 Å². The van der Waals surface area contributed by atoms with Gasteiger partial charge in [0.1, 0.15) is 6.04 Å². The Morgan fingerprint density at radius 2 is 2.36 bits per heavy atom. The van der Waals surface area contributed by atoms with Crippen molar-refractivity contribution in [1.29, 1.82) is 0 Å². The van der Waals surface area contributed by atoms with E-state index in [1.165, 1.54) is 6.92 Å². The van der Waals surface area contributed by atoms with Gasteiger partial charge >= 0.3 is 12.2 Å². The average Bonchev–Trinajstić information content (AvgIpc) is 2.33. The predicted octanol–water partition coefficient (Wildman–Crippen LogP) is 0.481. The molecule has 0 aliphatic heterocycles. The molecule has 1 heterocycles. The number of nitrogens with one attached hydrogen (secondary N) is 1. The van der Waals surface area contributed by atoms with Gasteiger partial charge in [0.2, 0.25) is 5.78 Å². The molecular weight excluding hydrogens is 142 g/mol. The predicted molar refractivity (Wildman–Crippen MR) is 39.2 cm³/mol. The summed E-state index contributed by atoms with van der Waals surface area (Å²) in [6, 6.07) is 0.315. The Balaban J connectivity index is 2.90. The van der Waals surface area contributed by atoms with Crippen molar-refractivity contribution >= 4 is 5.78 Å². The summed E-state index contributed by atoms with van der Waals surface area (Å²) in [5.41, 5.74) is 0. The van der Waals surface area contributed by atoms with Gasteiger partial charge in [-0.1, -0.05) is 0 Å². The molecule has 0 radical (unpaired) electrons. The number of carbonyl (C=O) groups excluding carboxylic acids is 1. The molecule has 4 nitrogen and oxygen atoms in total. The van der Waals surface area contributed by atoms with Gasteiger partial charge in [0.15, 0.2) is 0 Å². The van der Waals surface area contributed by atoms with E-state index in [1.54, 1.807) is 11.0 Å². The molecule has 0 bridgehead atoms. The highest BCUT2D eigenvalue weighted by atomic mass is 16.1. The summed E-state index contributed by atoms with van der Waals surface area (Å²) in [5.74, 6) is 0.378. The summed E-state index contributed by atoms with van der Waals surface area (Å²) in [6.07, 6.45) is 1.63. The number of hydrogen-bond donors (Lipinski definition) is 1. The molecular formula is C7H12N3O+. The van der Waals surface area contributed by atoms with Crippen molar-refractivity contribution < 1.29 is 9.48 Å². The van der Waals surface area contributed by atoms with E-state index in [4.69, 9.17) is 0 Å². The number of H-pyrrole nitrogens is 1. The Labute approximate surface area is 65.2 Å². The van der Waals surface area contributed by atoms with E-state index in [0.717, 1.165) is 0 Å². The van der Waals surface area contributed by atoms with Crippen LogP contribution in [-0.4, -0.2) is 15.9 Å². The Morgan fingerprint density at radius 3 is 2.64 bits per heavy atom. The molecule has 0 amide bonds. The van der Waals surface area contributed by atoms with Crippen LogP contribution in [0.3, 0.4) is 0 Å². The van der Waals surface area contributed by atoms with Gasteiger partial charge in [0.05, 0.1) is 0 Å². The minimum absolute atomic E-state index is 0.0376. The monoisotopic (exact) mass is 154 g/mol. The fourth-order valence-electron chi connectivity index (χ4n) is 0.732. The number of aromatic amines is 1. The second-order valence-corrected chi connectivity index (χ2v) is 2.76. The summed E-state index contributed by atoms with van der Waals surface area (Å²) >= 11 is 0. The highest BCUT2D eigenvalue weighted by Gasteiger charge is 2.13. The maximum Gasteiger partial charge on any atom is 0.318 e.